The van der Waals surface area contributed by atoms with E-state index in [1.54, 1.807) is 0 Å². The third-order valence-corrected chi connectivity index (χ3v) is 4.11. The van der Waals surface area contributed by atoms with Crippen molar-refractivity contribution in [1.29, 1.82) is 0 Å². The Labute approximate surface area is 103 Å². The van der Waals surface area contributed by atoms with Gasteiger partial charge in [-0.25, -0.2) is 0 Å². The first kappa shape index (κ1) is 10.9. The van der Waals surface area contributed by atoms with Crippen LogP contribution in [0.15, 0.2) is 30.9 Å². The van der Waals surface area contributed by atoms with E-state index in [9.17, 15) is 0 Å². The van der Waals surface area contributed by atoms with E-state index in [2.05, 4.69) is 24.8 Å². The Kier molecular flexibility index (Phi) is 2.92. The quantitative estimate of drug-likeness (QED) is 0.553. The summed E-state index contributed by atoms with van der Waals surface area (Å²) in [5.41, 5.74) is 3.06. The molecule has 1 aromatic carbocycles. The molecule has 0 radical (unpaired) electrons. The van der Waals surface area contributed by atoms with Gasteiger partial charge in [-0.1, -0.05) is 18.2 Å². The van der Waals surface area contributed by atoms with Crippen molar-refractivity contribution in [3.05, 3.63) is 42.0 Å². The third-order valence-electron chi connectivity index (χ3n) is 4.11. The Balaban J connectivity index is 1.80. The lowest BCUT2D eigenvalue weighted by Crippen LogP contribution is -2.21. The van der Waals surface area contributed by atoms with Gasteiger partial charge in [0, 0.05) is 11.5 Å². The van der Waals surface area contributed by atoms with Crippen molar-refractivity contribution < 1.29 is 4.74 Å². The number of allylic oxidation sites excluding steroid dienone is 1. The highest BCUT2D eigenvalue weighted by atomic mass is 16.5. The Morgan fingerprint density at radius 1 is 1.41 bits per heavy atom. The zero-order valence-corrected chi connectivity index (χ0v) is 10.3. The molecule has 0 bridgehead atoms. The first-order chi connectivity index (χ1) is 8.40. The van der Waals surface area contributed by atoms with Gasteiger partial charge in [-0.15, -0.1) is 6.58 Å². The molecule has 1 heterocycles. The molecule has 1 aliphatic carbocycles. The Morgan fingerprint density at radius 2 is 2.35 bits per heavy atom. The van der Waals surface area contributed by atoms with Crippen molar-refractivity contribution in [2.45, 2.75) is 50.5 Å². The minimum absolute atomic E-state index is 0.423. The summed E-state index contributed by atoms with van der Waals surface area (Å²) in [6.45, 7) is 3.79. The second-order valence-electron chi connectivity index (χ2n) is 5.20. The van der Waals surface area contributed by atoms with Gasteiger partial charge in [-0.2, -0.15) is 0 Å². The molecular weight excluding hydrogens is 208 g/mol. The predicted molar refractivity (Wildman–Crippen MR) is 70.6 cm³/mol. The summed E-state index contributed by atoms with van der Waals surface area (Å²) < 4.78 is 6.14. The van der Waals surface area contributed by atoms with Gasteiger partial charge < -0.3 is 4.74 Å². The van der Waals surface area contributed by atoms with Crippen LogP contribution >= 0.6 is 0 Å². The van der Waals surface area contributed by atoms with Crippen LogP contribution in [0.5, 0.6) is 5.75 Å². The first-order valence-corrected chi connectivity index (χ1v) is 6.79. The van der Waals surface area contributed by atoms with Gasteiger partial charge in [0.2, 0.25) is 0 Å². The number of hydrogen-bond acceptors (Lipinski definition) is 1. The summed E-state index contributed by atoms with van der Waals surface area (Å²) in [6.07, 6.45) is 9.78. The lowest BCUT2D eigenvalue weighted by molar-refractivity contribution is 0.185. The molecule has 0 fully saturated rings. The monoisotopic (exact) mass is 228 g/mol. The van der Waals surface area contributed by atoms with Crippen molar-refractivity contribution in [2.75, 3.05) is 0 Å². The minimum Gasteiger partial charge on any atom is -0.489 e. The number of rotatable bonds is 4. The third kappa shape index (κ3) is 1.88. The van der Waals surface area contributed by atoms with Crippen LogP contribution in [0.25, 0.3) is 0 Å². The molecule has 2 aliphatic rings. The summed E-state index contributed by atoms with van der Waals surface area (Å²) in [6, 6.07) is 6.56. The lowest BCUT2D eigenvalue weighted by Gasteiger charge is -2.23. The number of benzene rings is 1. The summed E-state index contributed by atoms with van der Waals surface area (Å²) in [4.78, 5) is 0. The number of aryl methyl sites for hydroxylation is 1. The van der Waals surface area contributed by atoms with Crippen LogP contribution in [0, 0.1) is 0 Å². The number of hydrogen-bond donors (Lipinski definition) is 0. The molecule has 3 rings (SSSR count). The lowest BCUT2D eigenvalue weighted by atomic mass is 9.80. The SMILES string of the molecule is C=CCCCC1Oc2cccc3c2C1CCC3. The minimum atomic E-state index is 0.423. The normalized spacial score (nSPS) is 25.2. The Hall–Kier alpha value is -1.24. The molecule has 1 aromatic rings. The molecule has 0 aromatic heterocycles. The first-order valence-electron chi connectivity index (χ1n) is 6.79. The molecule has 0 spiro atoms. The number of unbranched alkanes of at least 4 members (excludes halogenated alkanes) is 1. The van der Waals surface area contributed by atoms with Crippen molar-refractivity contribution in [1.82, 2.24) is 0 Å². The van der Waals surface area contributed by atoms with Gasteiger partial charge >= 0.3 is 0 Å². The average molecular weight is 228 g/mol. The van der Waals surface area contributed by atoms with Crippen LogP contribution in [-0.4, -0.2) is 6.10 Å². The highest BCUT2D eigenvalue weighted by Crippen LogP contribution is 2.47. The molecule has 1 heteroatoms. The number of ether oxygens (including phenoxy) is 1. The fourth-order valence-electron chi connectivity index (χ4n) is 3.33. The van der Waals surface area contributed by atoms with Crippen molar-refractivity contribution in [2.24, 2.45) is 0 Å². The van der Waals surface area contributed by atoms with E-state index in [4.69, 9.17) is 4.74 Å². The summed E-state index contributed by atoms with van der Waals surface area (Å²) in [5, 5.41) is 0. The second kappa shape index (κ2) is 4.56. The van der Waals surface area contributed by atoms with Crippen molar-refractivity contribution in [3.63, 3.8) is 0 Å². The molecule has 17 heavy (non-hydrogen) atoms. The van der Waals surface area contributed by atoms with Crippen LogP contribution in [0.1, 0.15) is 49.1 Å². The summed E-state index contributed by atoms with van der Waals surface area (Å²) >= 11 is 0. The maximum Gasteiger partial charge on any atom is 0.123 e. The molecule has 0 amide bonds. The highest BCUT2D eigenvalue weighted by Gasteiger charge is 2.37. The molecule has 0 N–H and O–H groups in total. The van der Waals surface area contributed by atoms with Crippen LogP contribution in [0.2, 0.25) is 0 Å². The maximum absolute atomic E-state index is 6.14. The van der Waals surface area contributed by atoms with Crippen LogP contribution in [0.3, 0.4) is 0 Å². The van der Waals surface area contributed by atoms with Gasteiger partial charge in [0.15, 0.2) is 0 Å². The van der Waals surface area contributed by atoms with E-state index in [-0.39, 0.29) is 0 Å². The largest absolute Gasteiger partial charge is 0.489 e. The van der Waals surface area contributed by atoms with E-state index in [0.717, 1.165) is 12.2 Å². The summed E-state index contributed by atoms with van der Waals surface area (Å²) in [7, 11) is 0. The van der Waals surface area contributed by atoms with Crippen LogP contribution in [0.4, 0.5) is 0 Å². The summed E-state index contributed by atoms with van der Waals surface area (Å²) in [5.74, 6) is 1.83. The zero-order valence-electron chi connectivity index (χ0n) is 10.3. The second-order valence-corrected chi connectivity index (χ2v) is 5.20. The predicted octanol–water partition coefficient (Wildman–Crippen LogP) is 4.22. The van der Waals surface area contributed by atoms with E-state index in [0.29, 0.717) is 12.0 Å². The van der Waals surface area contributed by atoms with Crippen LogP contribution in [-0.2, 0) is 6.42 Å². The van der Waals surface area contributed by atoms with E-state index >= 15 is 0 Å². The van der Waals surface area contributed by atoms with E-state index < -0.39 is 0 Å². The highest BCUT2D eigenvalue weighted by molar-refractivity contribution is 5.48. The Morgan fingerprint density at radius 3 is 3.24 bits per heavy atom. The fraction of sp³-hybridized carbons (Fsp3) is 0.500. The maximum atomic E-state index is 6.14. The molecule has 2 unspecified atom stereocenters. The average Bonchev–Trinajstić information content (AvgIpc) is 2.71. The molecule has 2 atom stereocenters. The van der Waals surface area contributed by atoms with Gasteiger partial charge in [-0.05, 0) is 50.2 Å². The molecular formula is C16H20O. The van der Waals surface area contributed by atoms with E-state index in [1.807, 2.05) is 6.08 Å². The van der Waals surface area contributed by atoms with Crippen molar-refractivity contribution >= 4 is 0 Å². The molecule has 0 saturated heterocycles. The Bertz CT molecular complexity index is 422. The molecule has 1 aliphatic heterocycles. The fourth-order valence-corrected chi connectivity index (χ4v) is 3.33. The van der Waals surface area contributed by atoms with Gasteiger partial charge in [-0.3, -0.25) is 0 Å². The zero-order chi connectivity index (χ0) is 11.7. The van der Waals surface area contributed by atoms with Gasteiger partial charge in [0.05, 0.1) is 0 Å². The molecule has 1 nitrogen and oxygen atoms in total. The van der Waals surface area contributed by atoms with Crippen LogP contribution < -0.4 is 4.74 Å². The van der Waals surface area contributed by atoms with Crippen molar-refractivity contribution in [3.8, 4) is 5.75 Å². The molecule has 0 saturated carbocycles. The smallest absolute Gasteiger partial charge is 0.123 e. The van der Waals surface area contributed by atoms with E-state index in [1.165, 1.54) is 43.2 Å². The topological polar surface area (TPSA) is 9.23 Å². The van der Waals surface area contributed by atoms with Gasteiger partial charge in [0.1, 0.15) is 11.9 Å². The van der Waals surface area contributed by atoms with Gasteiger partial charge in [0.25, 0.3) is 0 Å². The molecule has 90 valence electrons. The standard InChI is InChI=1S/C16H20O/c1-2-3-4-10-14-13-9-5-7-12-8-6-11-15(17-14)16(12)13/h2,6,8,11,13-14H,1,3-5,7,9-10H2.